The van der Waals surface area contributed by atoms with Crippen LogP contribution in [0, 0.1) is 0 Å². The van der Waals surface area contributed by atoms with E-state index in [-0.39, 0.29) is 33.6 Å². The molecule has 1 aromatic rings. The first-order valence-electron chi connectivity index (χ1n) is 6.62. The molecule has 1 aromatic carbocycles. The van der Waals surface area contributed by atoms with Gasteiger partial charge in [0, 0.05) is 13.1 Å². The van der Waals surface area contributed by atoms with Crippen LogP contribution in [0.2, 0.25) is 10.0 Å². The van der Waals surface area contributed by atoms with Gasteiger partial charge in [0.1, 0.15) is 6.54 Å². The van der Waals surface area contributed by atoms with Crippen molar-refractivity contribution in [2.45, 2.75) is 12.8 Å². The second-order valence-electron chi connectivity index (χ2n) is 5.10. The second kappa shape index (κ2) is 5.31. The first kappa shape index (κ1) is 14.4. The lowest BCUT2D eigenvalue weighted by Gasteiger charge is -2.19. The molecule has 5 nitrogen and oxygen atoms in total. The van der Waals surface area contributed by atoms with Gasteiger partial charge in [-0.3, -0.25) is 19.3 Å². The standard InChI is InChI=1S/C14H12Cl2N2O3/c15-10-5-8-9(6-11(10)16)14(21)18(13(8)20)7-12(19)17-3-1-2-4-17/h5-6H,1-4,7H2. The van der Waals surface area contributed by atoms with Gasteiger partial charge in [-0.2, -0.15) is 0 Å². The van der Waals surface area contributed by atoms with E-state index in [4.69, 9.17) is 23.2 Å². The van der Waals surface area contributed by atoms with Gasteiger partial charge in [-0.25, -0.2) is 0 Å². The molecule has 0 unspecified atom stereocenters. The quantitative estimate of drug-likeness (QED) is 0.783. The van der Waals surface area contributed by atoms with E-state index in [0.29, 0.717) is 13.1 Å². The smallest absolute Gasteiger partial charge is 0.262 e. The topological polar surface area (TPSA) is 57.7 Å². The maximum Gasteiger partial charge on any atom is 0.262 e. The number of benzene rings is 1. The fourth-order valence-corrected chi connectivity index (χ4v) is 2.96. The third-order valence-electron chi connectivity index (χ3n) is 3.76. The number of hydrogen-bond donors (Lipinski definition) is 0. The summed E-state index contributed by atoms with van der Waals surface area (Å²) in [7, 11) is 0. The molecule has 21 heavy (non-hydrogen) atoms. The van der Waals surface area contributed by atoms with Crippen LogP contribution in [-0.2, 0) is 4.79 Å². The Morgan fingerprint density at radius 1 is 1.00 bits per heavy atom. The Labute approximate surface area is 131 Å². The Balaban J connectivity index is 1.84. The van der Waals surface area contributed by atoms with Crippen LogP contribution in [0.3, 0.4) is 0 Å². The lowest BCUT2D eigenvalue weighted by Crippen LogP contribution is -2.41. The van der Waals surface area contributed by atoms with Crippen molar-refractivity contribution in [2.24, 2.45) is 0 Å². The van der Waals surface area contributed by atoms with Crippen molar-refractivity contribution in [1.82, 2.24) is 9.80 Å². The van der Waals surface area contributed by atoms with E-state index in [1.54, 1.807) is 4.90 Å². The highest BCUT2D eigenvalue weighted by atomic mass is 35.5. The largest absolute Gasteiger partial charge is 0.341 e. The summed E-state index contributed by atoms with van der Waals surface area (Å²) in [4.78, 5) is 39.2. The summed E-state index contributed by atoms with van der Waals surface area (Å²) in [6.07, 6.45) is 1.91. The van der Waals surface area contributed by atoms with Crippen molar-refractivity contribution < 1.29 is 14.4 Å². The molecule has 0 aliphatic carbocycles. The van der Waals surface area contributed by atoms with E-state index in [1.165, 1.54) is 12.1 Å². The molecule has 7 heteroatoms. The highest BCUT2D eigenvalue weighted by Gasteiger charge is 2.38. The Morgan fingerprint density at radius 3 is 1.95 bits per heavy atom. The van der Waals surface area contributed by atoms with Crippen molar-refractivity contribution in [2.75, 3.05) is 19.6 Å². The predicted molar refractivity (Wildman–Crippen MR) is 77.6 cm³/mol. The molecule has 1 fully saturated rings. The summed E-state index contributed by atoms with van der Waals surface area (Å²) in [5.74, 6) is -1.21. The van der Waals surface area contributed by atoms with Crippen molar-refractivity contribution in [3.63, 3.8) is 0 Å². The maximum absolute atomic E-state index is 12.3. The Kier molecular flexibility index (Phi) is 3.63. The summed E-state index contributed by atoms with van der Waals surface area (Å²) in [5.41, 5.74) is 0.396. The molecular formula is C14H12Cl2N2O3. The molecule has 0 N–H and O–H groups in total. The lowest BCUT2D eigenvalue weighted by molar-refractivity contribution is -0.130. The van der Waals surface area contributed by atoms with Crippen LogP contribution < -0.4 is 0 Å². The zero-order valence-electron chi connectivity index (χ0n) is 11.1. The first-order chi connectivity index (χ1) is 9.99. The molecule has 2 heterocycles. The fraction of sp³-hybridized carbons (Fsp3) is 0.357. The van der Waals surface area contributed by atoms with Gasteiger partial charge < -0.3 is 4.90 Å². The number of fused-ring (bicyclic) bond motifs is 1. The molecule has 0 atom stereocenters. The fourth-order valence-electron chi connectivity index (χ4n) is 2.63. The number of imide groups is 1. The minimum Gasteiger partial charge on any atom is -0.341 e. The van der Waals surface area contributed by atoms with Crippen LogP contribution >= 0.6 is 23.2 Å². The van der Waals surface area contributed by atoms with Crippen molar-refractivity contribution >= 4 is 40.9 Å². The first-order valence-corrected chi connectivity index (χ1v) is 7.37. The average molecular weight is 327 g/mol. The van der Waals surface area contributed by atoms with Gasteiger partial charge in [-0.1, -0.05) is 23.2 Å². The zero-order valence-corrected chi connectivity index (χ0v) is 12.6. The molecule has 0 aromatic heterocycles. The summed E-state index contributed by atoms with van der Waals surface area (Å²) in [6.45, 7) is 1.13. The summed E-state index contributed by atoms with van der Waals surface area (Å²) >= 11 is 11.7. The van der Waals surface area contributed by atoms with Gasteiger partial charge >= 0.3 is 0 Å². The molecule has 2 aliphatic heterocycles. The van der Waals surface area contributed by atoms with Crippen molar-refractivity contribution in [3.8, 4) is 0 Å². The molecule has 3 amide bonds. The third-order valence-corrected chi connectivity index (χ3v) is 4.49. The van der Waals surface area contributed by atoms with Crippen LogP contribution in [-0.4, -0.2) is 47.2 Å². The van der Waals surface area contributed by atoms with Gasteiger partial charge in [-0.15, -0.1) is 0 Å². The van der Waals surface area contributed by atoms with Crippen LogP contribution in [0.4, 0.5) is 0 Å². The van der Waals surface area contributed by atoms with Crippen LogP contribution in [0.15, 0.2) is 12.1 Å². The predicted octanol–water partition coefficient (Wildman–Crippen LogP) is 2.21. The monoisotopic (exact) mass is 326 g/mol. The maximum atomic E-state index is 12.3. The summed E-state index contributed by atoms with van der Waals surface area (Å²) in [5, 5.41) is 0.425. The number of hydrogen-bond acceptors (Lipinski definition) is 3. The minimum absolute atomic E-state index is 0.198. The highest BCUT2D eigenvalue weighted by molar-refractivity contribution is 6.43. The molecule has 0 bridgehead atoms. The molecule has 0 radical (unpaired) electrons. The summed E-state index contributed by atoms with van der Waals surface area (Å²) < 4.78 is 0. The van der Waals surface area contributed by atoms with Crippen LogP contribution in [0.25, 0.3) is 0 Å². The van der Waals surface area contributed by atoms with E-state index in [9.17, 15) is 14.4 Å². The van der Waals surface area contributed by atoms with Crippen LogP contribution in [0.1, 0.15) is 33.6 Å². The minimum atomic E-state index is -0.499. The third kappa shape index (κ3) is 2.40. The Bertz CT molecular complexity index is 613. The van der Waals surface area contributed by atoms with E-state index in [1.807, 2.05) is 0 Å². The molecule has 3 rings (SSSR count). The Morgan fingerprint density at radius 2 is 1.48 bits per heavy atom. The summed E-state index contributed by atoms with van der Waals surface area (Å²) in [6, 6.07) is 2.75. The van der Waals surface area contributed by atoms with Gasteiger partial charge in [0.2, 0.25) is 5.91 Å². The number of likely N-dealkylation sites (tertiary alicyclic amines) is 1. The number of amides is 3. The SMILES string of the molecule is O=C(CN1C(=O)c2cc(Cl)c(Cl)cc2C1=O)N1CCCC1. The van der Waals surface area contributed by atoms with Gasteiger partial charge in [-0.05, 0) is 25.0 Å². The molecule has 110 valence electrons. The number of carbonyl (C=O) groups excluding carboxylic acids is 3. The number of rotatable bonds is 2. The molecule has 0 spiro atoms. The molecule has 1 saturated heterocycles. The van der Waals surface area contributed by atoms with E-state index >= 15 is 0 Å². The number of carbonyl (C=O) groups is 3. The van der Waals surface area contributed by atoms with Gasteiger partial charge in [0.25, 0.3) is 11.8 Å². The van der Waals surface area contributed by atoms with E-state index < -0.39 is 11.8 Å². The normalized spacial score (nSPS) is 17.6. The highest BCUT2D eigenvalue weighted by Crippen LogP contribution is 2.31. The molecule has 2 aliphatic rings. The Hall–Kier alpha value is -1.59. The van der Waals surface area contributed by atoms with E-state index in [2.05, 4.69) is 0 Å². The van der Waals surface area contributed by atoms with Crippen molar-refractivity contribution in [3.05, 3.63) is 33.3 Å². The van der Waals surface area contributed by atoms with Crippen molar-refractivity contribution in [1.29, 1.82) is 0 Å². The molecule has 0 saturated carbocycles. The van der Waals surface area contributed by atoms with Gasteiger partial charge in [0.05, 0.1) is 21.2 Å². The number of halogens is 2. The number of nitrogens with zero attached hydrogens (tertiary/aromatic N) is 2. The van der Waals surface area contributed by atoms with Crippen LogP contribution in [0.5, 0.6) is 0 Å². The lowest BCUT2D eigenvalue weighted by atomic mass is 10.1. The average Bonchev–Trinajstić information content (AvgIpc) is 3.05. The second-order valence-corrected chi connectivity index (χ2v) is 5.91. The molecular weight excluding hydrogens is 315 g/mol. The van der Waals surface area contributed by atoms with E-state index in [0.717, 1.165) is 17.7 Å². The zero-order chi connectivity index (χ0) is 15.1. The van der Waals surface area contributed by atoms with Gasteiger partial charge in [0.15, 0.2) is 0 Å².